The Bertz CT molecular complexity index is 1000. The number of hydrogen-bond acceptors (Lipinski definition) is 5. The normalized spacial score (nSPS) is 10.7. The summed E-state index contributed by atoms with van der Waals surface area (Å²) in [5, 5.41) is 0.347. The fourth-order valence-electron chi connectivity index (χ4n) is 2.44. The lowest BCUT2D eigenvalue weighted by molar-refractivity contribution is 0.401. The maximum Gasteiger partial charge on any atom is 0.337 e. The Morgan fingerprint density at radius 3 is 2.57 bits per heavy atom. The molecule has 118 valence electrons. The predicted molar refractivity (Wildman–Crippen MR) is 85.7 cm³/mol. The Labute approximate surface area is 131 Å². The maximum absolute atomic E-state index is 12.7. The van der Waals surface area contributed by atoms with E-state index in [0.717, 1.165) is 4.57 Å². The molecule has 23 heavy (non-hydrogen) atoms. The topological polar surface area (TPSA) is 75.3 Å². The second-order valence-corrected chi connectivity index (χ2v) is 4.89. The maximum atomic E-state index is 12.7. The van der Waals surface area contributed by atoms with Crippen LogP contribution in [0.1, 0.15) is 0 Å². The zero-order valence-corrected chi connectivity index (χ0v) is 12.9. The zero-order valence-electron chi connectivity index (χ0n) is 12.9. The van der Waals surface area contributed by atoms with Crippen molar-refractivity contribution < 1.29 is 9.47 Å². The Morgan fingerprint density at radius 2 is 1.87 bits per heavy atom. The van der Waals surface area contributed by atoms with Crippen molar-refractivity contribution in [3.05, 3.63) is 57.4 Å². The molecule has 7 nitrogen and oxygen atoms in total. The molecule has 0 unspecified atom stereocenters. The van der Waals surface area contributed by atoms with Crippen molar-refractivity contribution in [3.63, 3.8) is 0 Å². The van der Waals surface area contributed by atoms with E-state index in [-0.39, 0.29) is 5.65 Å². The van der Waals surface area contributed by atoms with Crippen molar-refractivity contribution >= 4 is 11.0 Å². The second-order valence-electron chi connectivity index (χ2n) is 4.89. The van der Waals surface area contributed by atoms with E-state index < -0.39 is 11.2 Å². The smallest absolute Gasteiger partial charge is 0.337 e. The van der Waals surface area contributed by atoms with Crippen molar-refractivity contribution in [1.82, 2.24) is 14.1 Å². The van der Waals surface area contributed by atoms with E-state index in [1.165, 1.54) is 32.0 Å². The summed E-state index contributed by atoms with van der Waals surface area (Å²) in [6.45, 7) is 0. The van der Waals surface area contributed by atoms with E-state index in [9.17, 15) is 9.59 Å². The number of rotatable bonds is 3. The Balaban J connectivity index is 2.51. The first-order valence-corrected chi connectivity index (χ1v) is 6.87. The van der Waals surface area contributed by atoms with Gasteiger partial charge in [0.2, 0.25) is 0 Å². The first kappa shape index (κ1) is 14.8. The van der Waals surface area contributed by atoms with Gasteiger partial charge in [0.1, 0.15) is 11.5 Å². The first-order chi connectivity index (χ1) is 11.1. The summed E-state index contributed by atoms with van der Waals surface area (Å²) in [5.74, 6) is 1.03. The number of benzene rings is 1. The lowest BCUT2D eigenvalue weighted by atomic mass is 10.2. The Morgan fingerprint density at radius 1 is 1.09 bits per heavy atom. The van der Waals surface area contributed by atoms with Gasteiger partial charge < -0.3 is 9.47 Å². The van der Waals surface area contributed by atoms with Crippen LogP contribution in [-0.2, 0) is 7.05 Å². The third kappa shape index (κ3) is 2.26. The summed E-state index contributed by atoms with van der Waals surface area (Å²) in [5.41, 5.74) is -0.174. The molecule has 3 aromatic rings. The molecular formula is C16H15N3O4. The van der Waals surface area contributed by atoms with Crippen molar-refractivity contribution in [2.24, 2.45) is 7.05 Å². The average Bonchev–Trinajstić information content (AvgIpc) is 2.60. The minimum absolute atomic E-state index is 0.271. The van der Waals surface area contributed by atoms with E-state index >= 15 is 0 Å². The number of pyridine rings is 1. The van der Waals surface area contributed by atoms with E-state index in [1.807, 2.05) is 0 Å². The van der Waals surface area contributed by atoms with Gasteiger partial charge in [-0.15, -0.1) is 0 Å². The molecule has 0 amide bonds. The molecule has 0 fully saturated rings. The van der Waals surface area contributed by atoms with Crippen LogP contribution in [0.2, 0.25) is 0 Å². The number of fused-ring (bicyclic) bond motifs is 1. The van der Waals surface area contributed by atoms with Crippen LogP contribution < -0.4 is 20.7 Å². The predicted octanol–water partition coefficient (Wildman–Crippen LogP) is 1.10. The summed E-state index contributed by atoms with van der Waals surface area (Å²) in [7, 11) is 4.47. The molecule has 0 spiro atoms. The molecule has 0 saturated carbocycles. The van der Waals surface area contributed by atoms with Gasteiger partial charge in [0, 0.05) is 19.3 Å². The molecule has 0 N–H and O–H groups in total. The van der Waals surface area contributed by atoms with Crippen LogP contribution in [0.15, 0.2) is 46.1 Å². The van der Waals surface area contributed by atoms with Gasteiger partial charge in [0.25, 0.3) is 5.56 Å². The Kier molecular flexibility index (Phi) is 3.61. The summed E-state index contributed by atoms with van der Waals surface area (Å²) in [6, 6.07) is 8.37. The van der Waals surface area contributed by atoms with Gasteiger partial charge in [-0.25, -0.2) is 14.3 Å². The van der Waals surface area contributed by atoms with Crippen molar-refractivity contribution in [3.8, 4) is 17.2 Å². The fourth-order valence-corrected chi connectivity index (χ4v) is 2.44. The SMILES string of the molecule is COc1ccc(OC)c(-n2c(=O)n(C)c(=O)c3cccnc32)c1. The van der Waals surface area contributed by atoms with Gasteiger partial charge >= 0.3 is 5.69 Å². The average molecular weight is 313 g/mol. The molecule has 0 aliphatic carbocycles. The monoisotopic (exact) mass is 313 g/mol. The van der Waals surface area contributed by atoms with Gasteiger partial charge in [-0.1, -0.05) is 0 Å². The molecule has 1 aromatic carbocycles. The number of methoxy groups -OCH3 is 2. The van der Waals surface area contributed by atoms with Crippen molar-refractivity contribution in [1.29, 1.82) is 0 Å². The highest BCUT2D eigenvalue weighted by Gasteiger charge is 2.16. The van der Waals surface area contributed by atoms with Crippen molar-refractivity contribution in [2.45, 2.75) is 0 Å². The molecule has 2 heterocycles. The molecule has 0 radical (unpaired) electrons. The summed E-state index contributed by atoms with van der Waals surface area (Å²) in [4.78, 5) is 29.1. The first-order valence-electron chi connectivity index (χ1n) is 6.87. The van der Waals surface area contributed by atoms with Gasteiger partial charge in [0.05, 0.1) is 25.3 Å². The van der Waals surface area contributed by atoms with E-state index in [1.54, 1.807) is 30.3 Å². The zero-order chi connectivity index (χ0) is 16.6. The molecule has 2 aromatic heterocycles. The molecule has 0 atom stereocenters. The van der Waals surface area contributed by atoms with Crippen LogP contribution in [0.3, 0.4) is 0 Å². The highest BCUT2D eigenvalue weighted by atomic mass is 16.5. The summed E-state index contributed by atoms with van der Waals surface area (Å²) < 4.78 is 13.0. The summed E-state index contributed by atoms with van der Waals surface area (Å²) in [6.07, 6.45) is 1.53. The number of hydrogen-bond donors (Lipinski definition) is 0. The molecule has 0 bridgehead atoms. The van der Waals surface area contributed by atoms with Crippen LogP contribution in [-0.4, -0.2) is 28.3 Å². The number of nitrogens with zero attached hydrogens (tertiary/aromatic N) is 3. The molecular weight excluding hydrogens is 298 g/mol. The van der Waals surface area contributed by atoms with Crippen LogP contribution >= 0.6 is 0 Å². The van der Waals surface area contributed by atoms with E-state index in [0.29, 0.717) is 22.6 Å². The van der Waals surface area contributed by atoms with Crippen LogP contribution in [0.5, 0.6) is 11.5 Å². The lowest BCUT2D eigenvalue weighted by Crippen LogP contribution is -2.37. The quantitative estimate of drug-likeness (QED) is 0.724. The largest absolute Gasteiger partial charge is 0.497 e. The van der Waals surface area contributed by atoms with E-state index in [2.05, 4.69) is 4.98 Å². The highest BCUT2D eigenvalue weighted by Crippen LogP contribution is 2.27. The third-order valence-corrected chi connectivity index (χ3v) is 3.64. The van der Waals surface area contributed by atoms with E-state index in [4.69, 9.17) is 9.47 Å². The summed E-state index contributed by atoms with van der Waals surface area (Å²) >= 11 is 0. The van der Waals surface area contributed by atoms with Crippen LogP contribution in [0.4, 0.5) is 0 Å². The molecule has 0 aliphatic rings. The minimum atomic E-state index is -0.507. The fraction of sp³-hybridized carbons (Fsp3) is 0.188. The number of aromatic nitrogens is 3. The standard InChI is InChI=1S/C16H15N3O4/c1-18-15(20)11-5-4-8-17-14(11)19(16(18)21)12-9-10(22-2)6-7-13(12)23-3/h4-9H,1-3H3. The minimum Gasteiger partial charge on any atom is -0.497 e. The lowest BCUT2D eigenvalue weighted by Gasteiger charge is -2.15. The van der Waals surface area contributed by atoms with Crippen LogP contribution in [0, 0.1) is 0 Å². The van der Waals surface area contributed by atoms with Gasteiger partial charge in [0.15, 0.2) is 5.65 Å². The molecule has 0 aliphatic heterocycles. The van der Waals surface area contributed by atoms with Crippen LogP contribution in [0.25, 0.3) is 16.7 Å². The van der Waals surface area contributed by atoms with Crippen molar-refractivity contribution in [2.75, 3.05) is 14.2 Å². The molecule has 3 rings (SSSR count). The van der Waals surface area contributed by atoms with Gasteiger partial charge in [-0.3, -0.25) is 9.36 Å². The highest BCUT2D eigenvalue weighted by molar-refractivity contribution is 5.76. The second kappa shape index (κ2) is 5.60. The number of ether oxygens (including phenoxy) is 2. The Hall–Kier alpha value is -3.09. The van der Waals surface area contributed by atoms with Gasteiger partial charge in [-0.2, -0.15) is 0 Å². The molecule has 7 heteroatoms. The van der Waals surface area contributed by atoms with Gasteiger partial charge in [-0.05, 0) is 24.3 Å². The third-order valence-electron chi connectivity index (χ3n) is 3.64. The molecule has 0 saturated heterocycles.